The Kier molecular flexibility index (Phi) is 9.01. The van der Waals surface area contributed by atoms with Gasteiger partial charge >= 0.3 is 12.1 Å². The van der Waals surface area contributed by atoms with Crippen molar-refractivity contribution in [3.63, 3.8) is 0 Å². The number of aromatic nitrogens is 2. The molecule has 1 aliphatic heterocycles. The predicted octanol–water partition coefficient (Wildman–Crippen LogP) is 5.34. The molecule has 0 spiro atoms. The second-order valence-electron chi connectivity index (χ2n) is 8.40. The summed E-state index contributed by atoms with van der Waals surface area (Å²) in [6.45, 7) is 3.02. The first-order chi connectivity index (χ1) is 15.6. The van der Waals surface area contributed by atoms with Crippen molar-refractivity contribution < 1.29 is 19.4 Å². The molecule has 0 aliphatic carbocycles. The van der Waals surface area contributed by atoms with Crippen LogP contribution in [0.5, 0.6) is 5.75 Å². The minimum absolute atomic E-state index is 0.377. The Morgan fingerprint density at radius 1 is 0.969 bits per heavy atom. The third-order valence-electron chi connectivity index (χ3n) is 5.95. The van der Waals surface area contributed by atoms with Crippen LogP contribution in [0.15, 0.2) is 36.7 Å². The average molecular weight is 440 g/mol. The van der Waals surface area contributed by atoms with Crippen LogP contribution in [0.3, 0.4) is 0 Å². The van der Waals surface area contributed by atoms with E-state index in [1.807, 2.05) is 24.5 Å². The molecular formula is C25H33N3O4. The summed E-state index contributed by atoms with van der Waals surface area (Å²) in [5.74, 6) is 0.159. The number of nitrogens with zero attached hydrogens (tertiary/aromatic N) is 3. The second kappa shape index (κ2) is 12.2. The SMILES string of the molecule is CCCCCCCCc1ncc(-c2ccc(OC(=O)N3CCC(C(=O)O)CC3)cc2)cn1. The van der Waals surface area contributed by atoms with Gasteiger partial charge in [-0.2, -0.15) is 0 Å². The van der Waals surface area contributed by atoms with Gasteiger partial charge in [-0.1, -0.05) is 51.2 Å². The number of aliphatic carboxylic acids is 1. The number of aryl methyl sites for hydroxylation is 1. The van der Waals surface area contributed by atoms with Gasteiger partial charge in [0.05, 0.1) is 5.92 Å². The van der Waals surface area contributed by atoms with Gasteiger partial charge in [-0.3, -0.25) is 4.79 Å². The van der Waals surface area contributed by atoms with Gasteiger partial charge in [-0.25, -0.2) is 14.8 Å². The summed E-state index contributed by atoms with van der Waals surface area (Å²) in [6, 6.07) is 7.26. The maximum Gasteiger partial charge on any atom is 0.415 e. The largest absolute Gasteiger partial charge is 0.481 e. The molecule has 7 nitrogen and oxygen atoms in total. The van der Waals surface area contributed by atoms with Crippen molar-refractivity contribution in [2.24, 2.45) is 5.92 Å². The molecule has 0 bridgehead atoms. The van der Waals surface area contributed by atoms with Gasteiger partial charge in [0.25, 0.3) is 0 Å². The van der Waals surface area contributed by atoms with Crippen LogP contribution >= 0.6 is 0 Å². The lowest BCUT2D eigenvalue weighted by atomic mass is 9.97. The van der Waals surface area contributed by atoms with E-state index in [1.54, 1.807) is 17.0 Å². The molecule has 0 atom stereocenters. The topological polar surface area (TPSA) is 92.6 Å². The molecule has 172 valence electrons. The van der Waals surface area contributed by atoms with Gasteiger partial charge in [0.1, 0.15) is 11.6 Å². The Labute approximate surface area is 189 Å². The number of carbonyl (C=O) groups excluding carboxylic acids is 1. The summed E-state index contributed by atoms with van der Waals surface area (Å²) in [6.07, 6.45) is 12.6. The Bertz CT molecular complexity index is 860. The van der Waals surface area contributed by atoms with Crippen LogP contribution in [0, 0.1) is 5.92 Å². The van der Waals surface area contributed by atoms with Crippen molar-refractivity contribution in [2.45, 2.75) is 64.7 Å². The molecule has 1 aliphatic rings. The van der Waals surface area contributed by atoms with E-state index < -0.39 is 12.1 Å². The van der Waals surface area contributed by atoms with E-state index in [0.717, 1.165) is 29.8 Å². The number of amides is 1. The van der Waals surface area contributed by atoms with Crippen LogP contribution in [0.1, 0.15) is 64.1 Å². The third kappa shape index (κ3) is 7.04. The molecule has 3 rings (SSSR count). The summed E-state index contributed by atoms with van der Waals surface area (Å²) in [4.78, 5) is 33.9. The third-order valence-corrected chi connectivity index (χ3v) is 5.95. The molecule has 32 heavy (non-hydrogen) atoms. The van der Waals surface area contributed by atoms with Gasteiger partial charge < -0.3 is 14.7 Å². The van der Waals surface area contributed by atoms with E-state index >= 15 is 0 Å². The normalized spacial score (nSPS) is 14.3. The Hall–Kier alpha value is -2.96. The number of unbranched alkanes of at least 4 members (excludes halogenated alkanes) is 5. The van der Waals surface area contributed by atoms with E-state index in [0.29, 0.717) is 31.7 Å². The van der Waals surface area contributed by atoms with Crippen LogP contribution in [-0.4, -0.2) is 45.1 Å². The second-order valence-corrected chi connectivity index (χ2v) is 8.40. The minimum atomic E-state index is -0.798. The highest BCUT2D eigenvalue weighted by Gasteiger charge is 2.27. The van der Waals surface area contributed by atoms with E-state index in [2.05, 4.69) is 16.9 Å². The lowest BCUT2D eigenvalue weighted by Crippen LogP contribution is -2.41. The highest BCUT2D eigenvalue weighted by molar-refractivity contribution is 5.73. The van der Waals surface area contributed by atoms with Crippen molar-refractivity contribution >= 4 is 12.1 Å². The highest BCUT2D eigenvalue weighted by atomic mass is 16.6. The molecule has 0 radical (unpaired) electrons. The zero-order valence-electron chi connectivity index (χ0n) is 18.8. The lowest BCUT2D eigenvalue weighted by Gasteiger charge is -2.29. The molecular weight excluding hydrogens is 406 g/mol. The zero-order chi connectivity index (χ0) is 22.8. The first-order valence-corrected chi connectivity index (χ1v) is 11.7. The monoisotopic (exact) mass is 439 g/mol. The van der Waals surface area contributed by atoms with Crippen LogP contribution < -0.4 is 4.74 Å². The number of carbonyl (C=O) groups is 2. The molecule has 2 aromatic rings. The van der Waals surface area contributed by atoms with Crippen LogP contribution in [-0.2, 0) is 11.2 Å². The fourth-order valence-electron chi connectivity index (χ4n) is 3.89. The fraction of sp³-hybridized carbons (Fsp3) is 0.520. The van der Waals surface area contributed by atoms with Crippen LogP contribution in [0.2, 0.25) is 0 Å². The summed E-state index contributed by atoms with van der Waals surface area (Å²) >= 11 is 0. The number of carboxylic acids is 1. The molecule has 1 aromatic heterocycles. The van der Waals surface area contributed by atoms with E-state index in [9.17, 15) is 9.59 Å². The predicted molar refractivity (Wildman–Crippen MR) is 123 cm³/mol. The van der Waals surface area contributed by atoms with E-state index in [4.69, 9.17) is 9.84 Å². The van der Waals surface area contributed by atoms with Crippen LogP contribution in [0.4, 0.5) is 4.79 Å². The average Bonchev–Trinajstić information content (AvgIpc) is 2.82. The molecule has 1 fully saturated rings. The summed E-state index contributed by atoms with van der Waals surface area (Å²) in [5, 5.41) is 9.06. The maximum atomic E-state index is 12.3. The van der Waals surface area contributed by atoms with Crippen molar-refractivity contribution in [3.8, 4) is 16.9 Å². The van der Waals surface area contributed by atoms with Crippen LogP contribution in [0.25, 0.3) is 11.1 Å². The molecule has 0 unspecified atom stereocenters. The number of rotatable bonds is 10. The Balaban J connectivity index is 1.46. The molecule has 1 aromatic carbocycles. The van der Waals surface area contributed by atoms with Gasteiger partial charge in [0.15, 0.2) is 0 Å². The van der Waals surface area contributed by atoms with Gasteiger partial charge in [0.2, 0.25) is 0 Å². The first-order valence-electron chi connectivity index (χ1n) is 11.7. The molecule has 0 saturated carbocycles. The molecule has 1 N–H and O–H groups in total. The summed E-state index contributed by atoms with van der Waals surface area (Å²) < 4.78 is 5.45. The van der Waals surface area contributed by atoms with Crippen molar-refractivity contribution in [3.05, 3.63) is 42.5 Å². The maximum absolute atomic E-state index is 12.3. The molecule has 2 heterocycles. The highest BCUT2D eigenvalue weighted by Crippen LogP contribution is 2.23. The molecule has 1 amide bonds. The number of carboxylic acid groups (broad SMARTS) is 1. The number of benzene rings is 1. The van der Waals surface area contributed by atoms with Gasteiger partial charge in [0, 0.05) is 37.5 Å². The summed E-state index contributed by atoms with van der Waals surface area (Å²) in [7, 11) is 0. The van der Waals surface area contributed by atoms with Gasteiger partial charge in [-0.05, 0) is 37.0 Å². The van der Waals surface area contributed by atoms with Crippen molar-refractivity contribution in [2.75, 3.05) is 13.1 Å². The minimum Gasteiger partial charge on any atom is -0.481 e. The zero-order valence-corrected chi connectivity index (χ0v) is 18.8. The smallest absolute Gasteiger partial charge is 0.415 e. The summed E-state index contributed by atoms with van der Waals surface area (Å²) in [5.41, 5.74) is 1.88. The number of ether oxygens (including phenoxy) is 1. The first kappa shape index (κ1) is 23.7. The van der Waals surface area contributed by atoms with E-state index in [-0.39, 0.29) is 5.92 Å². The number of hydrogen-bond acceptors (Lipinski definition) is 5. The Morgan fingerprint density at radius 2 is 1.59 bits per heavy atom. The van der Waals surface area contributed by atoms with Crippen molar-refractivity contribution in [1.29, 1.82) is 0 Å². The quantitative estimate of drug-likeness (QED) is 0.502. The lowest BCUT2D eigenvalue weighted by molar-refractivity contribution is -0.143. The molecule has 1 saturated heterocycles. The van der Waals surface area contributed by atoms with Gasteiger partial charge in [-0.15, -0.1) is 0 Å². The standard InChI is InChI=1S/C25H33N3O4/c1-2-3-4-5-6-7-8-23-26-17-21(18-27-23)19-9-11-22(12-10-19)32-25(31)28-15-13-20(14-16-28)24(29)30/h9-12,17-18,20H,2-8,13-16H2,1H3,(H,29,30). The molecule has 7 heteroatoms. The number of piperidine rings is 1. The van der Waals surface area contributed by atoms with Crippen molar-refractivity contribution in [1.82, 2.24) is 14.9 Å². The van der Waals surface area contributed by atoms with E-state index in [1.165, 1.54) is 32.1 Å². The number of likely N-dealkylation sites (tertiary alicyclic amines) is 1. The number of hydrogen-bond donors (Lipinski definition) is 1. The fourth-order valence-corrected chi connectivity index (χ4v) is 3.89. The Morgan fingerprint density at radius 3 is 2.22 bits per heavy atom.